The molecule has 1 saturated heterocycles. The number of H-pyrrole nitrogens is 1. The summed E-state index contributed by atoms with van der Waals surface area (Å²) in [7, 11) is 0. The van der Waals surface area contributed by atoms with Crippen molar-refractivity contribution in [3.8, 4) is 5.75 Å². The second-order valence-corrected chi connectivity index (χ2v) is 6.76. The van der Waals surface area contributed by atoms with Crippen LogP contribution in [0.5, 0.6) is 5.75 Å². The number of ether oxygens (including phenoxy) is 1. The number of likely N-dealkylation sites (tertiary alicyclic amines) is 1. The Morgan fingerprint density at radius 3 is 2.60 bits per heavy atom. The van der Waals surface area contributed by atoms with Crippen LogP contribution in [-0.4, -0.2) is 49.8 Å². The Kier molecular flexibility index (Phi) is 4.76. The molecule has 0 bridgehead atoms. The van der Waals surface area contributed by atoms with Crippen LogP contribution in [0.25, 0.3) is 0 Å². The minimum absolute atomic E-state index is 0.430. The molecule has 25 heavy (non-hydrogen) atoms. The molecule has 1 aliphatic heterocycles. The third kappa shape index (κ3) is 3.82. The van der Waals surface area contributed by atoms with Crippen molar-refractivity contribution in [3.63, 3.8) is 0 Å². The quantitative estimate of drug-likeness (QED) is 0.864. The van der Waals surface area contributed by atoms with Crippen LogP contribution in [0.15, 0.2) is 18.2 Å². The maximum Gasteiger partial charge on any atom is 0.348 e. The van der Waals surface area contributed by atoms with E-state index >= 15 is 0 Å². The fourth-order valence-corrected chi connectivity index (χ4v) is 3.21. The van der Waals surface area contributed by atoms with E-state index in [1.165, 1.54) is 0 Å². The Labute approximate surface area is 147 Å². The molecule has 0 atom stereocenters. The Bertz CT molecular complexity index is 763. The zero-order valence-electron chi connectivity index (χ0n) is 14.9. The Morgan fingerprint density at radius 1 is 1.32 bits per heavy atom. The van der Waals surface area contributed by atoms with E-state index in [4.69, 9.17) is 4.74 Å². The molecule has 3 rings (SSSR count). The zero-order chi connectivity index (χ0) is 18.0. The summed E-state index contributed by atoms with van der Waals surface area (Å²) in [6.07, 6.45) is 0.859. The van der Waals surface area contributed by atoms with Crippen LogP contribution in [0, 0.1) is 20.8 Å². The highest BCUT2D eigenvalue weighted by atomic mass is 16.5. The van der Waals surface area contributed by atoms with Gasteiger partial charge in [-0.1, -0.05) is 0 Å². The van der Waals surface area contributed by atoms with E-state index in [-0.39, 0.29) is 0 Å². The largest absolute Gasteiger partial charge is 0.478 e. The average Bonchev–Trinajstić information content (AvgIpc) is 2.97. The first-order valence-electron chi connectivity index (χ1n) is 8.48. The van der Waals surface area contributed by atoms with Crippen molar-refractivity contribution in [1.82, 2.24) is 20.1 Å². The normalized spacial score (nSPS) is 17.4. The van der Waals surface area contributed by atoms with Crippen molar-refractivity contribution in [2.45, 2.75) is 45.8 Å². The number of aliphatic carboxylic acids is 1. The van der Waals surface area contributed by atoms with Gasteiger partial charge in [0.25, 0.3) is 0 Å². The predicted octanol–water partition coefficient (Wildman–Crippen LogP) is 2.23. The first-order valence-corrected chi connectivity index (χ1v) is 8.48. The molecule has 0 amide bonds. The van der Waals surface area contributed by atoms with E-state index in [1.54, 1.807) is 6.07 Å². The summed E-state index contributed by atoms with van der Waals surface area (Å²) in [5.74, 6) is -0.368. The number of rotatable bonds is 5. The maximum absolute atomic E-state index is 11.9. The smallest absolute Gasteiger partial charge is 0.348 e. The Morgan fingerprint density at radius 2 is 2.04 bits per heavy atom. The molecule has 3 heterocycles. The van der Waals surface area contributed by atoms with Gasteiger partial charge in [0.1, 0.15) is 5.75 Å². The molecular weight excluding hydrogens is 320 g/mol. The molecule has 0 aromatic carbocycles. The molecule has 2 aromatic rings. The fourth-order valence-electron chi connectivity index (χ4n) is 3.21. The maximum atomic E-state index is 11.9. The number of carboxylic acids is 1. The van der Waals surface area contributed by atoms with Gasteiger partial charge >= 0.3 is 5.97 Å². The molecule has 0 saturated carbocycles. The van der Waals surface area contributed by atoms with E-state index in [0.717, 1.165) is 22.8 Å². The van der Waals surface area contributed by atoms with E-state index in [9.17, 15) is 9.90 Å². The molecule has 7 heteroatoms. The minimum atomic E-state index is -1.19. The van der Waals surface area contributed by atoms with Crippen molar-refractivity contribution in [1.29, 1.82) is 0 Å². The zero-order valence-corrected chi connectivity index (χ0v) is 14.9. The van der Waals surface area contributed by atoms with Crippen molar-refractivity contribution >= 4 is 5.97 Å². The number of carbonyl (C=O) groups is 1. The van der Waals surface area contributed by atoms with Crippen molar-refractivity contribution in [2.75, 3.05) is 13.1 Å². The monoisotopic (exact) mass is 344 g/mol. The van der Waals surface area contributed by atoms with Crippen molar-refractivity contribution in [3.05, 3.63) is 41.0 Å². The number of nitrogens with zero attached hydrogens (tertiary/aromatic N) is 3. The molecule has 2 N–H and O–H groups in total. The van der Waals surface area contributed by atoms with Gasteiger partial charge in [-0.05, 0) is 39.0 Å². The van der Waals surface area contributed by atoms with Gasteiger partial charge in [0, 0.05) is 43.9 Å². The summed E-state index contributed by atoms with van der Waals surface area (Å²) in [6.45, 7) is 7.72. The SMILES string of the molecule is Cc1ccc(OC2(C(=O)O)CCN(Cc3cc(C)[nH]n3)CC2)c(C)n1. The third-order valence-electron chi connectivity index (χ3n) is 4.68. The van der Waals surface area contributed by atoms with Crippen LogP contribution < -0.4 is 4.74 Å². The van der Waals surface area contributed by atoms with Crippen molar-refractivity contribution in [2.24, 2.45) is 0 Å². The highest BCUT2D eigenvalue weighted by molar-refractivity contribution is 5.78. The molecule has 2 aromatic heterocycles. The minimum Gasteiger partial charge on any atom is -0.478 e. The lowest BCUT2D eigenvalue weighted by Crippen LogP contribution is -2.53. The number of nitrogens with one attached hydrogen (secondary N) is 1. The molecular formula is C18H24N4O3. The van der Waals surface area contributed by atoms with Crippen molar-refractivity contribution < 1.29 is 14.6 Å². The first-order chi connectivity index (χ1) is 11.9. The van der Waals surface area contributed by atoms with Crippen LogP contribution in [0.2, 0.25) is 0 Å². The van der Waals surface area contributed by atoms with E-state index in [0.29, 0.717) is 38.2 Å². The predicted molar refractivity (Wildman–Crippen MR) is 92.5 cm³/mol. The molecule has 0 aliphatic carbocycles. The van der Waals surface area contributed by atoms with Crippen LogP contribution in [-0.2, 0) is 11.3 Å². The number of hydrogen-bond acceptors (Lipinski definition) is 5. The standard InChI is InChI=1S/C18H24N4O3/c1-12-4-5-16(14(3)19-12)25-18(17(23)24)6-8-22(9-7-18)11-15-10-13(2)20-21-15/h4-5,10H,6-9,11H2,1-3H3,(H,20,21)(H,23,24). The van der Waals surface area contributed by atoms with Crippen LogP contribution in [0.1, 0.15) is 35.6 Å². The van der Waals surface area contributed by atoms with Gasteiger partial charge in [-0.3, -0.25) is 15.0 Å². The number of pyridine rings is 1. The lowest BCUT2D eigenvalue weighted by Gasteiger charge is -2.38. The van der Waals surface area contributed by atoms with Gasteiger partial charge in [-0.25, -0.2) is 4.79 Å². The first kappa shape index (κ1) is 17.4. The molecule has 0 radical (unpaired) electrons. The average molecular weight is 344 g/mol. The lowest BCUT2D eigenvalue weighted by molar-refractivity contribution is -0.160. The molecule has 1 aliphatic rings. The Hall–Kier alpha value is -2.41. The van der Waals surface area contributed by atoms with Gasteiger partial charge in [-0.15, -0.1) is 0 Å². The highest BCUT2D eigenvalue weighted by Crippen LogP contribution is 2.31. The second kappa shape index (κ2) is 6.84. The third-order valence-corrected chi connectivity index (χ3v) is 4.68. The topological polar surface area (TPSA) is 91.3 Å². The highest BCUT2D eigenvalue weighted by Gasteiger charge is 2.44. The number of aromatic amines is 1. The summed E-state index contributed by atoms with van der Waals surface area (Å²) in [4.78, 5) is 18.5. The summed E-state index contributed by atoms with van der Waals surface area (Å²) in [5, 5.41) is 17.0. The molecule has 0 spiro atoms. The number of hydrogen-bond donors (Lipinski definition) is 2. The van der Waals surface area contributed by atoms with Gasteiger partial charge in [0.05, 0.1) is 11.4 Å². The summed E-state index contributed by atoms with van der Waals surface area (Å²) in [6, 6.07) is 5.66. The van der Waals surface area contributed by atoms with E-state index in [2.05, 4.69) is 20.1 Å². The van der Waals surface area contributed by atoms with Gasteiger partial charge < -0.3 is 9.84 Å². The van der Waals surface area contributed by atoms with Gasteiger partial charge in [0.2, 0.25) is 5.60 Å². The number of aryl methyl sites for hydroxylation is 3. The van der Waals surface area contributed by atoms with Gasteiger partial charge in [0.15, 0.2) is 0 Å². The van der Waals surface area contributed by atoms with Crippen LogP contribution >= 0.6 is 0 Å². The van der Waals surface area contributed by atoms with E-state index < -0.39 is 11.6 Å². The van der Waals surface area contributed by atoms with E-state index in [1.807, 2.05) is 32.9 Å². The molecule has 134 valence electrons. The number of aromatic nitrogens is 3. The summed E-state index contributed by atoms with van der Waals surface area (Å²) < 4.78 is 5.98. The van der Waals surface area contributed by atoms with Crippen LogP contribution in [0.4, 0.5) is 0 Å². The summed E-state index contributed by atoms with van der Waals surface area (Å²) in [5.41, 5.74) is 2.41. The van der Waals surface area contributed by atoms with Gasteiger partial charge in [-0.2, -0.15) is 5.10 Å². The van der Waals surface area contributed by atoms with Crippen LogP contribution in [0.3, 0.4) is 0 Å². The molecule has 7 nitrogen and oxygen atoms in total. The molecule has 1 fully saturated rings. The Balaban J connectivity index is 1.69. The summed E-state index contributed by atoms with van der Waals surface area (Å²) >= 11 is 0. The number of carboxylic acid groups (broad SMARTS) is 1. The second-order valence-electron chi connectivity index (χ2n) is 6.76. The number of piperidine rings is 1. The lowest BCUT2D eigenvalue weighted by atomic mass is 9.91. The molecule has 0 unspecified atom stereocenters. The fraction of sp³-hybridized carbons (Fsp3) is 0.500.